The van der Waals surface area contributed by atoms with Gasteiger partial charge in [0.25, 0.3) is 0 Å². The fourth-order valence-electron chi connectivity index (χ4n) is 1.57. The third-order valence-electron chi connectivity index (χ3n) is 2.32. The number of Topliss-reactive ketones (excluding diaryl/α,β-unsaturated/α-hetero) is 1. The number of hydrogen-bond acceptors (Lipinski definition) is 2. The molecule has 1 aliphatic rings. The highest BCUT2D eigenvalue weighted by Gasteiger charge is 2.46. The monoisotopic (exact) mass is 196 g/mol. The van der Waals surface area contributed by atoms with E-state index in [1.807, 2.05) is 0 Å². The van der Waals surface area contributed by atoms with Crippen molar-refractivity contribution in [2.24, 2.45) is 5.92 Å². The van der Waals surface area contributed by atoms with Gasteiger partial charge in [0.05, 0.1) is 5.92 Å². The van der Waals surface area contributed by atoms with Gasteiger partial charge in [0.2, 0.25) is 0 Å². The number of aliphatic hydroxyl groups excluding tert-OH is 1. The molecule has 0 unspecified atom stereocenters. The van der Waals surface area contributed by atoms with Crippen LogP contribution in [0.2, 0.25) is 0 Å². The molecule has 5 heteroatoms. The summed E-state index contributed by atoms with van der Waals surface area (Å²) in [7, 11) is 0. The largest absolute Gasteiger partial charge is 0.415 e. The SMILES string of the molecule is O=C1CCCC[C@@H]1[C@H](O)C(F)(F)F. The number of carbonyl (C=O) groups is 1. The molecule has 1 N–H and O–H groups in total. The minimum Gasteiger partial charge on any atom is -0.383 e. The van der Waals surface area contributed by atoms with Gasteiger partial charge < -0.3 is 5.11 Å². The molecule has 0 saturated heterocycles. The van der Waals surface area contributed by atoms with Gasteiger partial charge in [-0.1, -0.05) is 6.42 Å². The van der Waals surface area contributed by atoms with Gasteiger partial charge in [-0.2, -0.15) is 13.2 Å². The Morgan fingerprint density at radius 2 is 2.00 bits per heavy atom. The molecule has 0 radical (unpaired) electrons. The first kappa shape index (κ1) is 10.5. The highest BCUT2D eigenvalue weighted by molar-refractivity contribution is 5.82. The smallest absolute Gasteiger partial charge is 0.383 e. The standard InChI is InChI=1S/C8H11F3O2/c9-8(10,11)7(13)5-3-1-2-4-6(5)12/h5,7,13H,1-4H2/t5-,7-/m0/s1. The summed E-state index contributed by atoms with van der Waals surface area (Å²) in [4.78, 5) is 11.0. The number of carbonyl (C=O) groups excluding carboxylic acids is 1. The van der Waals surface area contributed by atoms with E-state index in [0.29, 0.717) is 12.8 Å². The third-order valence-corrected chi connectivity index (χ3v) is 2.32. The predicted octanol–water partition coefficient (Wildman–Crippen LogP) is 1.67. The Hall–Kier alpha value is -0.580. The Morgan fingerprint density at radius 1 is 1.38 bits per heavy atom. The summed E-state index contributed by atoms with van der Waals surface area (Å²) in [5, 5.41) is 8.84. The van der Waals surface area contributed by atoms with E-state index in [4.69, 9.17) is 5.11 Å². The summed E-state index contributed by atoms with van der Waals surface area (Å²) >= 11 is 0. The summed E-state index contributed by atoms with van der Waals surface area (Å²) in [6.45, 7) is 0. The minimum absolute atomic E-state index is 0.152. The second-order valence-electron chi connectivity index (χ2n) is 3.31. The first-order valence-corrected chi connectivity index (χ1v) is 4.20. The maximum Gasteiger partial charge on any atom is 0.415 e. The molecule has 13 heavy (non-hydrogen) atoms. The summed E-state index contributed by atoms with van der Waals surface area (Å²) < 4.78 is 36.0. The number of hydrogen-bond donors (Lipinski definition) is 1. The predicted molar refractivity (Wildman–Crippen MR) is 39.0 cm³/mol. The lowest BCUT2D eigenvalue weighted by atomic mass is 9.84. The van der Waals surface area contributed by atoms with E-state index < -0.39 is 24.0 Å². The second kappa shape index (κ2) is 3.65. The van der Waals surface area contributed by atoms with Crippen molar-refractivity contribution in [3.05, 3.63) is 0 Å². The maximum atomic E-state index is 12.0. The van der Waals surface area contributed by atoms with Gasteiger partial charge in [0.15, 0.2) is 6.10 Å². The van der Waals surface area contributed by atoms with Crippen molar-refractivity contribution in [1.29, 1.82) is 0 Å². The van der Waals surface area contributed by atoms with E-state index in [9.17, 15) is 18.0 Å². The van der Waals surface area contributed by atoms with Gasteiger partial charge >= 0.3 is 6.18 Å². The number of ketones is 1. The van der Waals surface area contributed by atoms with Crippen molar-refractivity contribution in [3.63, 3.8) is 0 Å². The summed E-state index contributed by atoms with van der Waals surface area (Å²) in [5.41, 5.74) is 0. The Bertz CT molecular complexity index is 200. The minimum atomic E-state index is -4.67. The van der Waals surface area contributed by atoms with Crippen LogP contribution in [0.3, 0.4) is 0 Å². The Morgan fingerprint density at radius 3 is 2.46 bits per heavy atom. The average Bonchev–Trinajstić information content (AvgIpc) is 2.02. The molecule has 0 heterocycles. The van der Waals surface area contributed by atoms with Crippen molar-refractivity contribution < 1.29 is 23.1 Å². The van der Waals surface area contributed by atoms with E-state index in [2.05, 4.69) is 0 Å². The van der Waals surface area contributed by atoms with E-state index in [1.54, 1.807) is 0 Å². The molecule has 76 valence electrons. The normalized spacial score (nSPS) is 27.4. The average molecular weight is 196 g/mol. The van der Waals surface area contributed by atoms with E-state index in [-0.39, 0.29) is 12.8 Å². The van der Waals surface area contributed by atoms with Crippen LogP contribution in [0.25, 0.3) is 0 Å². The van der Waals surface area contributed by atoms with Crippen LogP contribution in [0, 0.1) is 5.92 Å². The molecule has 1 saturated carbocycles. The zero-order chi connectivity index (χ0) is 10.1. The highest BCUT2D eigenvalue weighted by Crippen LogP contribution is 2.32. The molecule has 1 aliphatic carbocycles. The molecule has 1 rings (SSSR count). The molecule has 0 aromatic heterocycles. The zero-order valence-corrected chi connectivity index (χ0v) is 6.97. The first-order chi connectivity index (χ1) is 5.93. The Kier molecular flexibility index (Phi) is 2.95. The van der Waals surface area contributed by atoms with Crippen LogP contribution in [0.1, 0.15) is 25.7 Å². The van der Waals surface area contributed by atoms with Gasteiger partial charge in [0, 0.05) is 6.42 Å². The third kappa shape index (κ3) is 2.43. The molecule has 0 aliphatic heterocycles. The first-order valence-electron chi connectivity index (χ1n) is 4.20. The van der Waals surface area contributed by atoms with Gasteiger partial charge in [0.1, 0.15) is 5.78 Å². The van der Waals surface area contributed by atoms with Crippen LogP contribution in [0.5, 0.6) is 0 Å². The topological polar surface area (TPSA) is 37.3 Å². The fourth-order valence-corrected chi connectivity index (χ4v) is 1.57. The Balaban J connectivity index is 2.64. The lowest BCUT2D eigenvalue weighted by Gasteiger charge is -2.26. The van der Waals surface area contributed by atoms with E-state index >= 15 is 0 Å². The van der Waals surface area contributed by atoms with Crippen LogP contribution in [-0.4, -0.2) is 23.2 Å². The fraction of sp³-hybridized carbons (Fsp3) is 0.875. The molecule has 1 fully saturated rings. The summed E-state index contributed by atoms with van der Waals surface area (Å²) in [6, 6.07) is 0. The molecule has 2 atom stereocenters. The number of aliphatic hydroxyl groups is 1. The van der Waals surface area contributed by atoms with Gasteiger partial charge in [-0.3, -0.25) is 4.79 Å². The molecule has 0 spiro atoms. The number of rotatable bonds is 1. The van der Waals surface area contributed by atoms with Crippen molar-refractivity contribution in [2.75, 3.05) is 0 Å². The Labute approximate surface area is 73.7 Å². The summed E-state index contributed by atoms with van der Waals surface area (Å²) in [5.74, 6) is -1.69. The van der Waals surface area contributed by atoms with Crippen molar-refractivity contribution >= 4 is 5.78 Å². The summed E-state index contributed by atoms with van der Waals surface area (Å²) in [6.07, 6.45) is -5.60. The van der Waals surface area contributed by atoms with Crippen LogP contribution < -0.4 is 0 Å². The van der Waals surface area contributed by atoms with Gasteiger partial charge in [-0.25, -0.2) is 0 Å². The molecular formula is C8H11F3O2. The zero-order valence-electron chi connectivity index (χ0n) is 6.97. The molecule has 0 bridgehead atoms. The van der Waals surface area contributed by atoms with Crippen LogP contribution in [-0.2, 0) is 4.79 Å². The lowest BCUT2D eigenvalue weighted by Crippen LogP contribution is -2.41. The van der Waals surface area contributed by atoms with Crippen molar-refractivity contribution in [2.45, 2.75) is 38.0 Å². The quantitative estimate of drug-likeness (QED) is 0.692. The molecular weight excluding hydrogens is 185 g/mol. The molecule has 0 aromatic rings. The molecule has 2 nitrogen and oxygen atoms in total. The highest BCUT2D eigenvalue weighted by atomic mass is 19.4. The van der Waals surface area contributed by atoms with Crippen LogP contribution in [0.4, 0.5) is 13.2 Å². The second-order valence-corrected chi connectivity index (χ2v) is 3.31. The van der Waals surface area contributed by atoms with Gasteiger partial charge in [-0.15, -0.1) is 0 Å². The number of halogens is 3. The van der Waals surface area contributed by atoms with E-state index in [1.165, 1.54) is 0 Å². The van der Waals surface area contributed by atoms with Crippen molar-refractivity contribution in [3.8, 4) is 0 Å². The maximum absolute atomic E-state index is 12.0. The number of alkyl halides is 3. The van der Waals surface area contributed by atoms with Gasteiger partial charge in [-0.05, 0) is 12.8 Å². The van der Waals surface area contributed by atoms with Crippen LogP contribution in [0.15, 0.2) is 0 Å². The van der Waals surface area contributed by atoms with Crippen molar-refractivity contribution in [1.82, 2.24) is 0 Å². The molecule has 0 aromatic carbocycles. The van der Waals surface area contributed by atoms with Crippen LogP contribution >= 0.6 is 0 Å². The molecule has 0 amide bonds. The lowest BCUT2D eigenvalue weighted by molar-refractivity contribution is -0.220. The van der Waals surface area contributed by atoms with E-state index in [0.717, 1.165) is 0 Å².